The fourth-order valence-electron chi connectivity index (χ4n) is 5.91. The van der Waals surface area contributed by atoms with Crippen molar-refractivity contribution in [3.05, 3.63) is 0 Å². The molecule has 0 radical (unpaired) electrons. The van der Waals surface area contributed by atoms with Gasteiger partial charge in [0.25, 0.3) is 0 Å². The molecule has 5 aliphatic rings. The molecule has 5 rings (SSSR count). The first-order valence-electron chi connectivity index (χ1n) is 8.75. The summed E-state index contributed by atoms with van der Waals surface area (Å²) < 4.78 is 0. The molecule has 0 aromatic carbocycles. The summed E-state index contributed by atoms with van der Waals surface area (Å²) >= 11 is 0. The Kier molecular flexibility index (Phi) is 3.29. The molecule has 4 bridgehead atoms. The van der Waals surface area contributed by atoms with Gasteiger partial charge < -0.3 is 11.1 Å². The Morgan fingerprint density at radius 2 is 1.40 bits per heavy atom. The number of carbonyl (C=O) groups is 1. The lowest BCUT2D eigenvalue weighted by atomic mass is 9.51. The molecular formula is C17H28N2O. The van der Waals surface area contributed by atoms with E-state index in [1.165, 1.54) is 32.1 Å². The monoisotopic (exact) mass is 276 g/mol. The van der Waals surface area contributed by atoms with Gasteiger partial charge in [-0.1, -0.05) is 0 Å². The van der Waals surface area contributed by atoms with E-state index in [1.54, 1.807) is 0 Å². The van der Waals surface area contributed by atoms with E-state index in [-0.39, 0.29) is 0 Å². The predicted octanol–water partition coefficient (Wildman–Crippen LogP) is 2.44. The Labute approximate surface area is 122 Å². The number of amides is 1. The molecule has 0 heterocycles. The Hall–Kier alpha value is -0.570. The van der Waals surface area contributed by atoms with E-state index in [0.717, 1.165) is 37.5 Å². The van der Waals surface area contributed by atoms with Crippen molar-refractivity contribution in [3.63, 3.8) is 0 Å². The van der Waals surface area contributed by atoms with Crippen molar-refractivity contribution in [2.24, 2.45) is 35.3 Å². The van der Waals surface area contributed by atoms with E-state index in [4.69, 9.17) is 5.73 Å². The zero-order valence-electron chi connectivity index (χ0n) is 12.4. The maximum absolute atomic E-state index is 12.7. The van der Waals surface area contributed by atoms with E-state index in [2.05, 4.69) is 5.32 Å². The Bertz CT molecular complexity index is 358. The molecule has 0 aliphatic heterocycles. The normalized spacial score (nSPS) is 50.1. The fraction of sp³-hybridized carbons (Fsp3) is 0.941. The summed E-state index contributed by atoms with van der Waals surface area (Å²) in [7, 11) is 0. The van der Waals surface area contributed by atoms with Gasteiger partial charge in [0.05, 0.1) is 0 Å². The highest BCUT2D eigenvalue weighted by Crippen LogP contribution is 2.56. The summed E-state index contributed by atoms with van der Waals surface area (Å²) in [6.07, 6.45) is 11.1. The molecule has 0 aromatic heterocycles. The summed E-state index contributed by atoms with van der Waals surface area (Å²) in [5, 5.41) is 3.37. The van der Waals surface area contributed by atoms with Crippen LogP contribution in [-0.4, -0.2) is 18.0 Å². The zero-order valence-corrected chi connectivity index (χ0v) is 12.4. The molecule has 0 spiro atoms. The highest BCUT2D eigenvalue weighted by atomic mass is 16.2. The van der Waals surface area contributed by atoms with Gasteiger partial charge in [0.15, 0.2) is 0 Å². The van der Waals surface area contributed by atoms with E-state index < -0.39 is 0 Å². The first-order valence-corrected chi connectivity index (χ1v) is 8.75. The zero-order chi connectivity index (χ0) is 13.7. The van der Waals surface area contributed by atoms with Crippen molar-refractivity contribution in [3.8, 4) is 0 Å². The third-order valence-corrected chi connectivity index (χ3v) is 6.65. The van der Waals surface area contributed by atoms with Crippen LogP contribution in [0.15, 0.2) is 0 Å². The second-order valence-corrected chi connectivity index (χ2v) is 8.08. The molecule has 0 saturated heterocycles. The van der Waals surface area contributed by atoms with Gasteiger partial charge in [-0.05, 0) is 81.5 Å². The molecule has 5 aliphatic carbocycles. The molecule has 5 saturated carbocycles. The number of nitrogens with two attached hydrogens (primary N) is 1. The standard InChI is InChI=1S/C17H28N2O/c18-14-1-3-15(4-2-14)19-17(20)16-12-6-10-5-11(8-12)9-13(16)7-10/h10-16H,1-9,18H2,(H,19,20). The largest absolute Gasteiger partial charge is 0.353 e. The molecule has 112 valence electrons. The van der Waals surface area contributed by atoms with Crippen LogP contribution in [0.2, 0.25) is 0 Å². The Morgan fingerprint density at radius 3 is 1.95 bits per heavy atom. The average Bonchev–Trinajstić information content (AvgIpc) is 2.40. The van der Waals surface area contributed by atoms with Crippen molar-refractivity contribution in [2.45, 2.75) is 69.9 Å². The van der Waals surface area contributed by atoms with Gasteiger partial charge in [-0.15, -0.1) is 0 Å². The van der Waals surface area contributed by atoms with Gasteiger partial charge in [-0.25, -0.2) is 0 Å². The lowest BCUT2D eigenvalue weighted by Gasteiger charge is -2.53. The second kappa shape index (κ2) is 5.01. The minimum atomic E-state index is 0.346. The number of rotatable bonds is 2. The fourth-order valence-corrected chi connectivity index (χ4v) is 5.91. The van der Waals surface area contributed by atoms with Crippen molar-refractivity contribution in [2.75, 3.05) is 0 Å². The topological polar surface area (TPSA) is 55.1 Å². The maximum atomic E-state index is 12.7. The van der Waals surface area contributed by atoms with E-state index in [0.29, 0.717) is 35.7 Å². The summed E-state index contributed by atoms with van der Waals surface area (Å²) in [5.41, 5.74) is 5.95. The third kappa shape index (κ3) is 2.28. The van der Waals surface area contributed by atoms with Crippen LogP contribution in [0.1, 0.15) is 57.8 Å². The first kappa shape index (κ1) is 13.1. The Morgan fingerprint density at radius 1 is 0.850 bits per heavy atom. The number of nitrogens with one attached hydrogen (secondary N) is 1. The van der Waals surface area contributed by atoms with Crippen molar-refractivity contribution in [1.82, 2.24) is 5.32 Å². The van der Waals surface area contributed by atoms with E-state index in [9.17, 15) is 4.79 Å². The number of hydrogen-bond acceptors (Lipinski definition) is 2. The van der Waals surface area contributed by atoms with Crippen LogP contribution < -0.4 is 11.1 Å². The van der Waals surface area contributed by atoms with Crippen LogP contribution in [0.3, 0.4) is 0 Å². The summed E-state index contributed by atoms with van der Waals surface area (Å²) in [6.45, 7) is 0. The smallest absolute Gasteiger partial charge is 0.223 e. The molecule has 3 N–H and O–H groups in total. The second-order valence-electron chi connectivity index (χ2n) is 8.08. The molecule has 3 heteroatoms. The minimum absolute atomic E-state index is 0.346. The first-order chi connectivity index (χ1) is 9.69. The number of hydrogen-bond donors (Lipinski definition) is 2. The van der Waals surface area contributed by atoms with Crippen LogP contribution in [0.4, 0.5) is 0 Å². The average molecular weight is 276 g/mol. The highest BCUT2D eigenvalue weighted by molar-refractivity contribution is 5.80. The van der Waals surface area contributed by atoms with Crippen LogP contribution in [-0.2, 0) is 4.79 Å². The van der Waals surface area contributed by atoms with Crippen LogP contribution in [0.25, 0.3) is 0 Å². The Balaban J connectivity index is 1.39. The van der Waals surface area contributed by atoms with Gasteiger partial charge in [0.2, 0.25) is 5.91 Å². The molecule has 3 nitrogen and oxygen atoms in total. The van der Waals surface area contributed by atoms with Crippen LogP contribution in [0, 0.1) is 29.6 Å². The SMILES string of the molecule is NC1CCC(NC(=O)C2C3CC4CC(C3)CC2C4)CC1. The predicted molar refractivity (Wildman–Crippen MR) is 78.9 cm³/mol. The van der Waals surface area contributed by atoms with Crippen molar-refractivity contribution < 1.29 is 4.79 Å². The van der Waals surface area contributed by atoms with Gasteiger partial charge >= 0.3 is 0 Å². The molecule has 0 atom stereocenters. The van der Waals surface area contributed by atoms with Crippen LogP contribution in [0.5, 0.6) is 0 Å². The molecule has 20 heavy (non-hydrogen) atoms. The molecular weight excluding hydrogens is 248 g/mol. The molecule has 0 unspecified atom stereocenters. The molecule has 0 aromatic rings. The van der Waals surface area contributed by atoms with Gasteiger partial charge in [0, 0.05) is 18.0 Å². The van der Waals surface area contributed by atoms with Gasteiger partial charge in [-0.2, -0.15) is 0 Å². The van der Waals surface area contributed by atoms with Crippen LogP contribution >= 0.6 is 0 Å². The maximum Gasteiger partial charge on any atom is 0.223 e. The quantitative estimate of drug-likeness (QED) is 0.814. The lowest BCUT2D eigenvalue weighted by molar-refractivity contribution is -0.139. The molecule has 1 amide bonds. The number of carbonyl (C=O) groups excluding carboxylic acids is 1. The van der Waals surface area contributed by atoms with Crippen molar-refractivity contribution >= 4 is 5.91 Å². The van der Waals surface area contributed by atoms with E-state index in [1.807, 2.05) is 0 Å². The van der Waals surface area contributed by atoms with Crippen molar-refractivity contribution in [1.29, 1.82) is 0 Å². The van der Waals surface area contributed by atoms with Gasteiger partial charge in [-0.3, -0.25) is 4.79 Å². The highest BCUT2D eigenvalue weighted by Gasteiger charge is 2.50. The third-order valence-electron chi connectivity index (χ3n) is 6.65. The van der Waals surface area contributed by atoms with E-state index >= 15 is 0 Å². The summed E-state index contributed by atoms with van der Waals surface area (Å²) in [4.78, 5) is 12.7. The minimum Gasteiger partial charge on any atom is -0.353 e. The molecule has 5 fully saturated rings. The van der Waals surface area contributed by atoms with Gasteiger partial charge in [0.1, 0.15) is 0 Å². The summed E-state index contributed by atoms with van der Waals surface area (Å²) in [6, 6.07) is 0.767. The lowest BCUT2D eigenvalue weighted by Crippen LogP contribution is -2.53. The summed E-state index contributed by atoms with van der Waals surface area (Å²) in [5.74, 6) is 4.05.